The van der Waals surface area contributed by atoms with Crippen molar-refractivity contribution in [3.8, 4) is 16.9 Å². The number of carboxylic acids is 1. The van der Waals surface area contributed by atoms with E-state index in [4.69, 9.17) is 21.0 Å². The van der Waals surface area contributed by atoms with E-state index in [9.17, 15) is 9.59 Å². The number of nitrogens with two attached hydrogens (primary N) is 1. The molecule has 0 aromatic heterocycles. The summed E-state index contributed by atoms with van der Waals surface area (Å²) in [6.07, 6.45) is -0.551. The highest BCUT2D eigenvalue weighted by atomic mass is 16.5. The van der Waals surface area contributed by atoms with E-state index in [1.165, 1.54) is 4.90 Å². The summed E-state index contributed by atoms with van der Waals surface area (Å²) in [6.45, 7) is -0.0518. The molecule has 0 aliphatic carbocycles. The van der Waals surface area contributed by atoms with Crippen molar-refractivity contribution in [3.05, 3.63) is 54.6 Å². The number of carbonyl (C=O) groups excluding carboxylic acids is 1. The maximum Gasteiger partial charge on any atom is 0.323 e. The third-order valence-electron chi connectivity index (χ3n) is 4.56. The fourth-order valence-corrected chi connectivity index (χ4v) is 3.29. The second-order valence-electron chi connectivity index (χ2n) is 6.40. The molecular formula is C20H21N3O4. The zero-order valence-corrected chi connectivity index (χ0v) is 14.7. The molecule has 2 unspecified atom stereocenters. The molecule has 2 aromatic carbocycles. The van der Waals surface area contributed by atoms with E-state index < -0.39 is 18.0 Å². The molecule has 0 saturated carbocycles. The van der Waals surface area contributed by atoms with Gasteiger partial charge in [-0.1, -0.05) is 48.5 Å². The van der Waals surface area contributed by atoms with Crippen LogP contribution in [0.15, 0.2) is 54.6 Å². The van der Waals surface area contributed by atoms with Crippen molar-refractivity contribution in [2.24, 2.45) is 11.7 Å². The molecular weight excluding hydrogens is 346 g/mol. The van der Waals surface area contributed by atoms with Gasteiger partial charge < -0.3 is 20.5 Å². The van der Waals surface area contributed by atoms with Crippen LogP contribution in [0.2, 0.25) is 0 Å². The quantitative estimate of drug-likeness (QED) is 0.511. The number of nitrogens with zero attached hydrogens (tertiary/aromatic N) is 1. The third-order valence-corrected chi connectivity index (χ3v) is 4.56. The maximum atomic E-state index is 12.6. The molecule has 1 amide bonds. The Labute approximate surface area is 156 Å². The number of aliphatic carboxylic acids is 1. The van der Waals surface area contributed by atoms with E-state index in [0.29, 0.717) is 18.7 Å². The molecule has 1 aliphatic heterocycles. The van der Waals surface area contributed by atoms with Gasteiger partial charge in [-0.3, -0.25) is 15.0 Å². The summed E-state index contributed by atoms with van der Waals surface area (Å²) < 4.78 is 6.02. The minimum atomic E-state index is -1.07. The lowest BCUT2D eigenvalue weighted by molar-refractivity contribution is -0.144. The van der Waals surface area contributed by atoms with Crippen LogP contribution in [0.25, 0.3) is 11.1 Å². The van der Waals surface area contributed by atoms with Crippen molar-refractivity contribution in [2.45, 2.75) is 12.5 Å². The summed E-state index contributed by atoms with van der Waals surface area (Å²) in [6, 6.07) is 17.0. The molecule has 140 valence electrons. The van der Waals surface area contributed by atoms with Gasteiger partial charge in [0.15, 0.2) is 6.10 Å². The van der Waals surface area contributed by atoms with E-state index in [1.807, 2.05) is 48.5 Å². The average molecular weight is 367 g/mol. The van der Waals surface area contributed by atoms with E-state index in [2.05, 4.69) is 0 Å². The minimum Gasteiger partial charge on any atom is -0.481 e. The number of para-hydroxylation sites is 1. The van der Waals surface area contributed by atoms with Gasteiger partial charge in [-0.15, -0.1) is 0 Å². The molecule has 7 heteroatoms. The maximum absolute atomic E-state index is 12.6. The van der Waals surface area contributed by atoms with Gasteiger partial charge in [-0.25, -0.2) is 0 Å². The van der Waals surface area contributed by atoms with Crippen molar-refractivity contribution in [2.75, 3.05) is 13.1 Å². The summed E-state index contributed by atoms with van der Waals surface area (Å²) in [5.74, 6) is -1.83. The second-order valence-corrected chi connectivity index (χ2v) is 6.40. The molecule has 1 saturated heterocycles. The monoisotopic (exact) mass is 367 g/mol. The van der Waals surface area contributed by atoms with Gasteiger partial charge >= 0.3 is 5.97 Å². The molecule has 2 aromatic rings. The van der Waals surface area contributed by atoms with Crippen LogP contribution in [0.1, 0.15) is 6.42 Å². The first-order chi connectivity index (χ1) is 13.0. The standard InChI is InChI=1S/C20H21N3O4/c21-19(22)18(15-10-11-23(20(15)26)12-17(24)25)27-16-9-5-4-8-14(16)13-6-2-1-3-7-13/h1-9,15,18H,10-12H2,(H3,21,22)(H,24,25). The molecule has 7 nitrogen and oxygen atoms in total. The fourth-order valence-electron chi connectivity index (χ4n) is 3.29. The number of nitrogens with one attached hydrogen (secondary N) is 1. The molecule has 1 aliphatic rings. The van der Waals surface area contributed by atoms with Gasteiger partial charge in [-0.05, 0) is 18.1 Å². The first kappa shape index (κ1) is 18.4. The Hall–Kier alpha value is -3.35. The number of hydrogen-bond donors (Lipinski definition) is 3. The van der Waals surface area contributed by atoms with Crippen LogP contribution >= 0.6 is 0 Å². The first-order valence-electron chi connectivity index (χ1n) is 8.63. The Morgan fingerprint density at radius 3 is 2.56 bits per heavy atom. The van der Waals surface area contributed by atoms with Crippen molar-refractivity contribution < 1.29 is 19.4 Å². The number of hydrogen-bond acceptors (Lipinski definition) is 4. The van der Waals surface area contributed by atoms with Gasteiger partial charge in [0, 0.05) is 12.1 Å². The summed E-state index contributed by atoms with van der Waals surface area (Å²) in [4.78, 5) is 24.7. The zero-order chi connectivity index (χ0) is 19.4. The lowest BCUT2D eigenvalue weighted by Crippen LogP contribution is -2.44. The summed E-state index contributed by atoms with van der Waals surface area (Å²) in [7, 11) is 0. The molecule has 27 heavy (non-hydrogen) atoms. The van der Waals surface area contributed by atoms with Crippen molar-refractivity contribution >= 4 is 17.7 Å². The predicted octanol–water partition coefficient (Wildman–Crippen LogP) is 1.97. The lowest BCUT2D eigenvalue weighted by Gasteiger charge is -2.24. The summed E-state index contributed by atoms with van der Waals surface area (Å²) >= 11 is 0. The number of benzene rings is 2. The Bertz CT molecular complexity index is 853. The molecule has 4 N–H and O–H groups in total. The number of rotatable bonds is 7. The van der Waals surface area contributed by atoms with Crippen LogP contribution in [0.5, 0.6) is 5.75 Å². The van der Waals surface area contributed by atoms with Gasteiger partial charge in [0.05, 0.1) is 5.92 Å². The van der Waals surface area contributed by atoms with Gasteiger partial charge in [0.25, 0.3) is 0 Å². The highest BCUT2D eigenvalue weighted by Crippen LogP contribution is 2.32. The fraction of sp³-hybridized carbons (Fsp3) is 0.250. The minimum absolute atomic E-state index is 0.256. The third kappa shape index (κ3) is 4.08. The molecule has 1 heterocycles. The molecule has 0 bridgehead atoms. The number of amides is 1. The summed E-state index contributed by atoms with van der Waals surface area (Å²) in [5.41, 5.74) is 7.51. The number of carbonyl (C=O) groups is 2. The van der Waals surface area contributed by atoms with Crippen molar-refractivity contribution in [1.82, 2.24) is 4.90 Å². The Kier molecular flexibility index (Phi) is 5.40. The van der Waals surface area contributed by atoms with Crippen LogP contribution in [0.3, 0.4) is 0 Å². The van der Waals surface area contributed by atoms with E-state index in [0.717, 1.165) is 11.1 Å². The molecule has 1 fully saturated rings. The Morgan fingerprint density at radius 1 is 1.22 bits per heavy atom. The average Bonchev–Trinajstić information content (AvgIpc) is 3.00. The van der Waals surface area contributed by atoms with Gasteiger partial charge in [-0.2, -0.15) is 0 Å². The number of amidine groups is 1. The van der Waals surface area contributed by atoms with Crippen LogP contribution < -0.4 is 10.5 Å². The highest BCUT2D eigenvalue weighted by Gasteiger charge is 2.41. The molecule has 0 spiro atoms. The predicted molar refractivity (Wildman–Crippen MR) is 101 cm³/mol. The van der Waals surface area contributed by atoms with Crippen LogP contribution in [-0.2, 0) is 9.59 Å². The SMILES string of the molecule is N=C(N)C(Oc1ccccc1-c1ccccc1)C1CCN(CC(=O)O)C1=O. The molecule has 0 radical (unpaired) electrons. The number of likely N-dealkylation sites (tertiary alicyclic amines) is 1. The normalized spacial score (nSPS) is 17.6. The largest absolute Gasteiger partial charge is 0.481 e. The second kappa shape index (κ2) is 7.90. The lowest BCUT2D eigenvalue weighted by atomic mass is 9.99. The molecule has 3 rings (SSSR count). The Morgan fingerprint density at radius 2 is 1.89 bits per heavy atom. The van der Waals surface area contributed by atoms with Crippen LogP contribution in [0, 0.1) is 11.3 Å². The number of ether oxygens (including phenoxy) is 1. The zero-order valence-electron chi connectivity index (χ0n) is 14.7. The van der Waals surface area contributed by atoms with Crippen molar-refractivity contribution in [3.63, 3.8) is 0 Å². The molecule has 2 atom stereocenters. The van der Waals surface area contributed by atoms with Gasteiger partial charge in [0.2, 0.25) is 5.91 Å². The summed E-state index contributed by atoms with van der Waals surface area (Å²) in [5, 5.41) is 16.8. The van der Waals surface area contributed by atoms with Crippen molar-refractivity contribution in [1.29, 1.82) is 5.41 Å². The topological polar surface area (TPSA) is 117 Å². The number of carboxylic acid groups (broad SMARTS) is 1. The van der Waals surface area contributed by atoms with E-state index in [-0.39, 0.29) is 18.3 Å². The smallest absolute Gasteiger partial charge is 0.323 e. The van der Waals surface area contributed by atoms with Crippen LogP contribution in [0.4, 0.5) is 0 Å². The Balaban J connectivity index is 1.86. The van der Waals surface area contributed by atoms with Crippen LogP contribution in [-0.4, -0.2) is 46.9 Å². The highest BCUT2D eigenvalue weighted by molar-refractivity contribution is 5.92. The van der Waals surface area contributed by atoms with E-state index in [1.54, 1.807) is 6.07 Å². The first-order valence-corrected chi connectivity index (χ1v) is 8.63. The van der Waals surface area contributed by atoms with Gasteiger partial charge in [0.1, 0.15) is 18.1 Å². The van der Waals surface area contributed by atoms with E-state index >= 15 is 0 Å².